The summed E-state index contributed by atoms with van der Waals surface area (Å²) in [6.07, 6.45) is 8.21. The van der Waals surface area contributed by atoms with Crippen LogP contribution in [0, 0.1) is 0 Å². The van der Waals surface area contributed by atoms with Crippen LogP contribution < -0.4 is 10.6 Å². The Hall–Kier alpha value is -1.14. The minimum atomic E-state index is -0.786. The molecule has 1 aliphatic rings. The van der Waals surface area contributed by atoms with Gasteiger partial charge < -0.3 is 20.8 Å². The molecule has 1 unspecified atom stereocenters. The van der Waals surface area contributed by atoms with Gasteiger partial charge in [0.2, 0.25) is 0 Å². The molecule has 1 aliphatic carbocycles. The third kappa shape index (κ3) is 12.3. The van der Waals surface area contributed by atoms with Crippen LogP contribution in [0.25, 0.3) is 0 Å². The van der Waals surface area contributed by atoms with Gasteiger partial charge in [-0.15, -0.1) is 0 Å². The lowest BCUT2D eigenvalue weighted by atomic mass is 9.95. The highest BCUT2D eigenvalue weighted by Crippen LogP contribution is 2.17. The Morgan fingerprint density at radius 1 is 1.19 bits per heavy atom. The van der Waals surface area contributed by atoms with E-state index in [1.54, 1.807) is 6.92 Å². The van der Waals surface area contributed by atoms with E-state index in [1.165, 1.54) is 19.3 Å². The number of nitrogens with one attached hydrogen (secondary N) is 2. The van der Waals surface area contributed by atoms with Crippen LogP contribution in [0.3, 0.4) is 0 Å². The van der Waals surface area contributed by atoms with Crippen LogP contribution in [0.4, 0.5) is 0 Å². The van der Waals surface area contributed by atoms with E-state index >= 15 is 0 Å². The van der Waals surface area contributed by atoms with Crippen molar-refractivity contribution in [1.82, 2.24) is 10.6 Å². The summed E-state index contributed by atoms with van der Waals surface area (Å²) in [5.41, 5.74) is 0. The third-order valence-electron chi connectivity index (χ3n) is 3.44. The summed E-state index contributed by atoms with van der Waals surface area (Å²) in [4.78, 5) is 20.4. The molecule has 124 valence electrons. The third-order valence-corrected chi connectivity index (χ3v) is 3.44. The Bertz CT molecular complexity index is 291. The van der Waals surface area contributed by atoms with Crippen molar-refractivity contribution in [3.05, 3.63) is 0 Å². The van der Waals surface area contributed by atoms with Crippen molar-refractivity contribution in [2.45, 2.75) is 70.9 Å². The second kappa shape index (κ2) is 12.6. The molecule has 0 radical (unpaired) electrons. The van der Waals surface area contributed by atoms with Crippen LogP contribution in [-0.2, 0) is 9.59 Å². The summed E-state index contributed by atoms with van der Waals surface area (Å²) in [5.74, 6) is -1.54. The Labute approximate surface area is 127 Å². The van der Waals surface area contributed by atoms with E-state index in [0.29, 0.717) is 6.04 Å². The van der Waals surface area contributed by atoms with Gasteiger partial charge in [0.25, 0.3) is 0 Å². The molecule has 0 saturated heterocycles. The molecule has 0 heterocycles. The number of aliphatic carboxylic acids is 2. The molecule has 1 rings (SSSR count). The molecule has 0 spiro atoms. The van der Waals surface area contributed by atoms with Gasteiger partial charge >= 0.3 is 11.9 Å². The lowest BCUT2D eigenvalue weighted by molar-refractivity contribution is -0.139. The monoisotopic (exact) mass is 302 g/mol. The molecule has 4 N–H and O–H groups in total. The fraction of sp³-hybridized carbons (Fsp3) is 0.867. The van der Waals surface area contributed by atoms with E-state index in [2.05, 4.69) is 17.6 Å². The summed E-state index contributed by atoms with van der Waals surface area (Å²) in [6, 6.07) is 0.0398. The zero-order valence-electron chi connectivity index (χ0n) is 13.2. The maximum atomic E-state index is 10.5. The molecule has 0 amide bonds. The standard InChI is InChI=1S/C9H17NO2.C6H13NO2/c1-7(9(11)12)10-8-5-3-2-4-6-8;1-2-3-4-7-5-6(8)9/h7-8,10H,2-6H2,1H3,(H,11,12);7H,2-5H2,1H3,(H,8,9). The topological polar surface area (TPSA) is 98.7 Å². The second-order valence-electron chi connectivity index (χ2n) is 5.49. The first-order valence-electron chi connectivity index (χ1n) is 7.88. The molecule has 1 saturated carbocycles. The molecule has 0 aromatic carbocycles. The first-order chi connectivity index (χ1) is 9.97. The van der Waals surface area contributed by atoms with E-state index < -0.39 is 18.0 Å². The normalized spacial score (nSPS) is 16.7. The van der Waals surface area contributed by atoms with Gasteiger partial charge in [0, 0.05) is 6.04 Å². The summed E-state index contributed by atoms with van der Waals surface area (Å²) in [7, 11) is 0. The molecule has 6 heteroatoms. The molecule has 6 nitrogen and oxygen atoms in total. The van der Waals surface area contributed by atoms with Gasteiger partial charge in [-0.2, -0.15) is 0 Å². The van der Waals surface area contributed by atoms with Gasteiger partial charge in [-0.05, 0) is 32.7 Å². The van der Waals surface area contributed by atoms with Crippen molar-refractivity contribution in [2.24, 2.45) is 0 Å². The summed E-state index contributed by atoms with van der Waals surface area (Å²) < 4.78 is 0. The fourth-order valence-corrected chi connectivity index (χ4v) is 2.19. The molecule has 0 aromatic heterocycles. The van der Waals surface area contributed by atoms with Crippen molar-refractivity contribution in [2.75, 3.05) is 13.1 Å². The second-order valence-corrected chi connectivity index (χ2v) is 5.49. The van der Waals surface area contributed by atoms with Crippen LogP contribution in [0.5, 0.6) is 0 Å². The first kappa shape index (κ1) is 19.9. The van der Waals surface area contributed by atoms with Crippen molar-refractivity contribution >= 4 is 11.9 Å². The Morgan fingerprint density at radius 3 is 2.29 bits per heavy atom. The van der Waals surface area contributed by atoms with E-state index in [1.807, 2.05) is 0 Å². The van der Waals surface area contributed by atoms with Crippen LogP contribution in [0.2, 0.25) is 0 Å². The molecular weight excluding hydrogens is 272 g/mol. The van der Waals surface area contributed by atoms with Gasteiger partial charge in [0.05, 0.1) is 6.54 Å². The number of carbonyl (C=O) groups is 2. The number of rotatable bonds is 8. The lowest BCUT2D eigenvalue weighted by Crippen LogP contribution is -2.42. The maximum Gasteiger partial charge on any atom is 0.320 e. The largest absolute Gasteiger partial charge is 0.480 e. The Balaban J connectivity index is 0.000000400. The number of carboxylic acid groups (broad SMARTS) is 2. The summed E-state index contributed by atoms with van der Waals surface area (Å²) in [5, 5.41) is 22.7. The quantitative estimate of drug-likeness (QED) is 0.511. The predicted molar refractivity (Wildman–Crippen MR) is 82.5 cm³/mol. The van der Waals surface area contributed by atoms with Crippen LogP contribution >= 0.6 is 0 Å². The summed E-state index contributed by atoms with van der Waals surface area (Å²) >= 11 is 0. The average Bonchev–Trinajstić information content (AvgIpc) is 2.45. The van der Waals surface area contributed by atoms with E-state index in [0.717, 1.165) is 32.2 Å². The summed E-state index contributed by atoms with van der Waals surface area (Å²) in [6.45, 7) is 4.67. The zero-order chi connectivity index (χ0) is 16.1. The SMILES string of the molecule is CC(NC1CCCCC1)C(=O)O.CCCCNCC(=O)O. The minimum Gasteiger partial charge on any atom is -0.480 e. The van der Waals surface area contributed by atoms with Crippen molar-refractivity contribution in [3.8, 4) is 0 Å². The molecule has 0 aliphatic heterocycles. The predicted octanol–water partition coefficient (Wildman–Crippen LogP) is 1.84. The smallest absolute Gasteiger partial charge is 0.320 e. The molecule has 1 fully saturated rings. The maximum absolute atomic E-state index is 10.5. The van der Waals surface area contributed by atoms with Crippen LogP contribution in [0.15, 0.2) is 0 Å². The average molecular weight is 302 g/mol. The van der Waals surface area contributed by atoms with Gasteiger partial charge in [-0.1, -0.05) is 32.6 Å². The minimum absolute atomic E-state index is 0.0833. The first-order valence-corrected chi connectivity index (χ1v) is 7.88. The Morgan fingerprint density at radius 2 is 1.81 bits per heavy atom. The van der Waals surface area contributed by atoms with Gasteiger partial charge in [-0.3, -0.25) is 9.59 Å². The molecule has 1 atom stereocenters. The molecular formula is C15H30N2O4. The molecule has 21 heavy (non-hydrogen) atoms. The lowest BCUT2D eigenvalue weighted by Gasteiger charge is -2.24. The number of carboxylic acids is 2. The van der Waals surface area contributed by atoms with Crippen LogP contribution in [0.1, 0.15) is 58.8 Å². The van der Waals surface area contributed by atoms with Crippen molar-refractivity contribution < 1.29 is 19.8 Å². The number of unbranched alkanes of at least 4 members (excludes halogenated alkanes) is 1. The van der Waals surface area contributed by atoms with Crippen LogP contribution in [-0.4, -0.2) is 47.3 Å². The fourth-order valence-electron chi connectivity index (χ4n) is 2.19. The highest BCUT2D eigenvalue weighted by atomic mass is 16.4. The molecule has 0 aromatic rings. The Kier molecular flexibility index (Phi) is 11.9. The molecule has 0 bridgehead atoms. The van der Waals surface area contributed by atoms with E-state index in [9.17, 15) is 9.59 Å². The van der Waals surface area contributed by atoms with Gasteiger partial charge in [0.15, 0.2) is 0 Å². The highest BCUT2D eigenvalue weighted by Gasteiger charge is 2.18. The zero-order valence-corrected chi connectivity index (χ0v) is 13.2. The van der Waals surface area contributed by atoms with E-state index in [-0.39, 0.29) is 6.54 Å². The number of hydrogen-bond acceptors (Lipinski definition) is 4. The van der Waals surface area contributed by atoms with Crippen molar-refractivity contribution in [1.29, 1.82) is 0 Å². The highest BCUT2D eigenvalue weighted by molar-refractivity contribution is 5.72. The van der Waals surface area contributed by atoms with E-state index in [4.69, 9.17) is 10.2 Å². The number of hydrogen-bond donors (Lipinski definition) is 4. The van der Waals surface area contributed by atoms with Gasteiger partial charge in [-0.25, -0.2) is 0 Å². The van der Waals surface area contributed by atoms with Crippen molar-refractivity contribution in [3.63, 3.8) is 0 Å². The van der Waals surface area contributed by atoms with Gasteiger partial charge in [0.1, 0.15) is 6.04 Å².